The summed E-state index contributed by atoms with van der Waals surface area (Å²) in [5.41, 5.74) is -2.00. The van der Waals surface area contributed by atoms with Crippen LogP contribution in [0.5, 0.6) is 0 Å². The molecule has 2 rings (SSSR count). The first-order valence-electron chi connectivity index (χ1n) is 11.2. The van der Waals surface area contributed by atoms with E-state index in [0.717, 1.165) is 0 Å². The molecule has 1 aromatic rings. The average molecular weight is 550 g/mol. The summed E-state index contributed by atoms with van der Waals surface area (Å²) in [4.78, 5) is 26.3. The molecular formula is C22H41BrN2O5Si2. The van der Waals surface area contributed by atoms with Gasteiger partial charge in [0.15, 0.2) is 22.4 Å². The van der Waals surface area contributed by atoms with Crippen LogP contribution in [0.1, 0.15) is 48.5 Å². The second kappa shape index (κ2) is 8.92. The van der Waals surface area contributed by atoms with Gasteiger partial charge in [0.05, 0.1) is 17.5 Å². The van der Waals surface area contributed by atoms with Crippen molar-refractivity contribution in [2.45, 2.75) is 107 Å². The molecule has 1 fully saturated rings. The van der Waals surface area contributed by atoms with Gasteiger partial charge in [-0.05, 0) is 43.2 Å². The fourth-order valence-electron chi connectivity index (χ4n) is 3.18. The van der Waals surface area contributed by atoms with Gasteiger partial charge in [0.2, 0.25) is 0 Å². The van der Waals surface area contributed by atoms with Crippen LogP contribution >= 0.6 is 15.9 Å². The molecule has 0 aromatic carbocycles. The Kier molecular flexibility index (Phi) is 7.73. The third-order valence-corrected chi connectivity index (χ3v) is 17.9. The number of rotatable bonds is 6. The Bertz CT molecular complexity index is 932. The second-order valence-corrected chi connectivity index (χ2v) is 22.6. The van der Waals surface area contributed by atoms with Gasteiger partial charge in [-0.3, -0.25) is 14.3 Å². The molecule has 1 aliphatic rings. The maximum atomic E-state index is 12.6. The van der Waals surface area contributed by atoms with Crippen molar-refractivity contribution in [3.63, 3.8) is 0 Å². The zero-order valence-corrected chi connectivity index (χ0v) is 25.0. The molecule has 0 saturated carbocycles. The summed E-state index contributed by atoms with van der Waals surface area (Å²) in [6.07, 6.45) is 0.798. The van der Waals surface area contributed by atoms with Crippen LogP contribution in [-0.4, -0.2) is 49.8 Å². The van der Waals surface area contributed by atoms with Crippen LogP contribution in [-0.2, 0) is 19.3 Å². The SMILES string of the molecule is CC(C)(C)[Si](C)(C)OC[C@H]1O[C@@](C)(n2ccc(=O)[nH]c2=O)[C@@H](Br)[C@@H]1O[Si](C)(C)C(C)(C)C. The van der Waals surface area contributed by atoms with Crippen LogP contribution in [0.3, 0.4) is 0 Å². The van der Waals surface area contributed by atoms with E-state index in [1.807, 2.05) is 6.92 Å². The number of hydrogen-bond donors (Lipinski definition) is 1. The molecule has 0 bridgehead atoms. The average Bonchev–Trinajstić information content (AvgIpc) is 2.83. The number of hydrogen-bond acceptors (Lipinski definition) is 5. The number of nitrogens with zero attached hydrogens (tertiary/aromatic N) is 1. The van der Waals surface area contributed by atoms with Crippen molar-refractivity contribution in [1.29, 1.82) is 0 Å². The normalized spacial score (nSPS) is 27.7. The van der Waals surface area contributed by atoms with E-state index in [9.17, 15) is 9.59 Å². The van der Waals surface area contributed by atoms with E-state index >= 15 is 0 Å². The fourth-order valence-corrected chi connectivity index (χ4v) is 6.49. The monoisotopic (exact) mass is 548 g/mol. The topological polar surface area (TPSA) is 82.5 Å². The lowest BCUT2D eigenvalue weighted by molar-refractivity contribution is -0.103. The highest BCUT2D eigenvalue weighted by Gasteiger charge is 2.56. The lowest BCUT2D eigenvalue weighted by Crippen LogP contribution is -2.51. The highest BCUT2D eigenvalue weighted by molar-refractivity contribution is 9.09. The Morgan fingerprint density at radius 2 is 1.62 bits per heavy atom. The summed E-state index contributed by atoms with van der Waals surface area (Å²) in [5, 5.41) is 0.0761. The standard InChI is InChI=1S/C22H41BrN2O5Si2/c1-20(2,3)31(8,9)28-14-15-17(30-32(10,11)21(4,5)6)18(23)22(7,29-15)25-13-12-16(26)24-19(25)27/h12-13,15,17-18H,14H2,1-11H3,(H,24,26,27)/t15-,17-,18+,22-/m1/s1. The summed E-state index contributed by atoms with van der Waals surface area (Å²) >= 11 is 3.81. The minimum absolute atomic E-state index is 0.0123. The number of halogens is 1. The molecular weight excluding hydrogens is 508 g/mol. The number of aromatic amines is 1. The quantitative estimate of drug-likeness (QED) is 0.408. The molecule has 0 amide bonds. The Labute approximate surface area is 202 Å². The van der Waals surface area contributed by atoms with Gasteiger partial charge in [0, 0.05) is 12.3 Å². The molecule has 2 heterocycles. The zero-order chi connectivity index (χ0) is 24.9. The predicted molar refractivity (Wildman–Crippen MR) is 138 cm³/mol. The highest BCUT2D eigenvalue weighted by atomic mass is 79.9. The smallest absolute Gasteiger partial charge is 0.330 e. The van der Waals surface area contributed by atoms with E-state index in [-0.39, 0.29) is 27.1 Å². The number of aromatic nitrogens is 2. The van der Waals surface area contributed by atoms with Crippen molar-refractivity contribution in [3.05, 3.63) is 33.1 Å². The first-order valence-corrected chi connectivity index (χ1v) is 17.9. The largest absolute Gasteiger partial charge is 0.414 e. The molecule has 1 aromatic heterocycles. The minimum Gasteiger partial charge on any atom is -0.414 e. The molecule has 0 unspecified atom stereocenters. The molecule has 1 saturated heterocycles. The molecule has 1 N–H and O–H groups in total. The number of nitrogens with one attached hydrogen (secondary N) is 1. The van der Waals surface area contributed by atoms with Crippen LogP contribution in [0.15, 0.2) is 21.9 Å². The molecule has 0 aliphatic carbocycles. The van der Waals surface area contributed by atoms with Gasteiger partial charge in [0.25, 0.3) is 5.56 Å². The van der Waals surface area contributed by atoms with Crippen molar-refractivity contribution >= 4 is 32.6 Å². The molecule has 1 aliphatic heterocycles. The molecule has 0 spiro atoms. The van der Waals surface area contributed by atoms with Crippen molar-refractivity contribution < 1.29 is 13.6 Å². The first kappa shape index (κ1) is 27.7. The van der Waals surface area contributed by atoms with Crippen LogP contribution < -0.4 is 11.2 Å². The van der Waals surface area contributed by atoms with Crippen LogP contribution in [0.25, 0.3) is 0 Å². The fraction of sp³-hybridized carbons (Fsp3) is 0.818. The van der Waals surface area contributed by atoms with Gasteiger partial charge in [-0.1, -0.05) is 57.5 Å². The Morgan fingerprint density at radius 3 is 2.09 bits per heavy atom. The molecule has 7 nitrogen and oxygen atoms in total. The van der Waals surface area contributed by atoms with Crippen LogP contribution in [0.2, 0.25) is 36.3 Å². The Hall–Kier alpha value is -0.526. The highest BCUT2D eigenvalue weighted by Crippen LogP contribution is 2.46. The van der Waals surface area contributed by atoms with Gasteiger partial charge < -0.3 is 13.6 Å². The van der Waals surface area contributed by atoms with Gasteiger partial charge in [-0.15, -0.1) is 0 Å². The van der Waals surface area contributed by atoms with Gasteiger partial charge in [-0.25, -0.2) is 4.79 Å². The van der Waals surface area contributed by atoms with Crippen molar-refractivity contribution in [2.24, 2.45) is 0 Å². The summed E-state index contributed by atoms with van der Waals surface area (Å²) in [6, 6.07) is 1.33. The van der Waals surface area contributed by atoms with E-state index in [2.05, 4.69) is 88.6 Å². The second-order valence-electron chi connectivity index (χ2n) is 12.0. The Morgan fingerprint density at radius 1 is 1.09 bits per heavy atom. The molecule has 0 radical (unpaired) electrons. The molecule has 32 heavy (non-hydrogen) atoms. The number of alkyl halides is 1. The lowest BCUT2D eigenvalue weighted by atomic mass is 10.1. The van der Waals surface area contributed by atoms with E-state index in [1.54, 1.807) is 0 Å². The van der Waals surface area contributed by atoms with Crippen LogP contribution in [0, 0.1) is 0 Å². The molecule has 10 heteroatoms. The maximum Gasteiger partial charge on any atom is 0.330 e. The lowest BCUT2D eigenvalue weighted by Gasteiger charge is -2.41. The van der Waals surface area contributed by atoms with E-state index in [1.165, 1.54) is 16.8 Å². The van der Waals surface area contributed by atoms with Crippen molar-refractivity contribution in [2.75, 3.05) is 6.61 Å². The number of H-pyrrole nitrogens is 1. The van der Waals surface area contributed by atoms with E-state index in [4.69, 9.17) is 13.6 Å². The summed E-state index contributed by atoms with van der Waals surface area (Å²) in [6.45, 7) is 24.3. The van der Waals surface area contributed by atoms with Crippen molar-refractivity contribution in [1.82, 2.24) is 9.55 Å². The third kappa shape index (κ3) is 5.41. The summed E-state index contributed by atoms with van der Waals surface area (Å²) < 4.78 is 21.3. The molecule has 184 valence electrons. The minimum atomic E-state index is -2.15. The van der Waals surface area contributed by atoms with Gasteiger partial charge in [0.1, 0.15) is 6.10 Å². The van der Waals surface area contributed by atoms with E-state index < -0.39 is 33.6 Å². The summed E-state index contributed by atoms with van der Waals surface area (Å²) in [7, 11) is -4.17. The Balaban J connectivity index is 2.46. The zero-order valence-electron chi connectivity index (χ0n) is 21.5. The first-order chi connectivity index (χ1) is 14.2. The van der Waals surface area contributed by atoms with Gasteiger partial charge in [-0.2, -0.15) is 0 Å². The van der Waals surface area contributed by atoms with Crippen molar-refractivity contribution in [3.8, 4) is 0 Å². The molecule has 4 atom stereocenters. The van der Waals surface area contributed by atoms with Gasteiger partial charge >= 0.3 is 5.69 Å². The van der Waals surface area contributed by atoms with Crippen LogP contribution in [0.4, 0.5) is 0 Å². The predicted octanol–water partition coefficient (Wildman–Crippen LogP) is 4.78. The maximum absolute atomic E-state index is 12.6. The third-order valence-electron chi connectivity index (χ3n) is 7.51. The number of ether oxygens (including phenoxy) is 1. The summed E-state index contributed by atoms with van der Waals surface area (Å²) in [5.74, 6) is 0. The van der Waals surface area contributed by atoms with E-state index in [0.29, 0.717) is 6.61 Å².